The molecule has 2 N–H and O–H groups in total. The largest absolute Gasteiger partial charge is 0.489 e. The molecule has 0 fully saturated rings. The van der Waals surface area contributed by atoms with Crippen LogP contribution in [-0.4, -0.2) is 42.7 Å². The van der Waals surface area contributed by atoms with Gasteiger partial charge >= 0.3 is 7.12 Å². The summed E-state index contributed by atoms with van der Waals surface area (Å²) in [5.41, 5.74) is 3.43. The second-order valence-electron chi connectivity index (χ2n) is 4.44. The minimum atomic E-state index is -1.44. The van der Waals surface area contributed by atoms with Gasteiger partial charge < -0.3 is 19.4 Å². The lowest BCUT2D eigenvalue weighted by Crippen LogP contribution is -2.29. The van der Waals surface area contributed by atoms with Crippen molar-refractivity contribution in [1.82, 2.24) is 4.90 Å². The van der Waals surface area contributed by atoms with Crippen LogP contribution in [-0.2, 0) is 6.42 Å². The van der Waals surface area contributed by atoms with Crippen LogP contribution in [0.15, 0.2) is 29.1 Å². The predicted octanol–water partition coefficient (Wildman–Crippen LogP) is 0.168. The van der Waals surface area contributed by atoms with Crippen LogP contribution in [0.3, 0.4) is 0 Å². The first-order valence-corrected chi connectivity index (χ1v) is 5.58. The van der Waals surface area contributed by atoms with E-state index in [-0.39, 0.29) is 0 Å². The van der Waals surface area contributed by atoms with E-state index in [4.69, 9.17) is 4.42 Å². The summed E-state index contributed by atoms with van der Waals surface area (Å²) in [6.07, 6.45) is 4.06. The molecule has 0 spiro atoms. The number of hydrogen-bond donors (Lipinski definition) is 2. The van der Waals surface area contributed by atoms with Gasteiger partial charge in [-0.1, -0.05) is 6.07 Å². The van der Waals surface area contributed by atoms with Gasteiger partial charge in [-0.2, -0.15) is 0 Å². The van der Waals surface area contributed by atoms with Crippen molar-refractivity contribution in [3.63, 3.8) is 0 Å². The van der Waals surface area contributed by atoms with Crippen molar-refractivity contribution in [3.05, 3.63) is 30.2 Å². The minimum absolute atomic E-state index is 0.546. The highest BCUT2D eigenvalue weighted by atomic mass is 16.4. The molecule has 2 rings (SSSR count). The molecule has 1 aliphatic heterocycles. The topological polar surface area (TPSA) is 56.8 Å². The zero-order chi connectivity index (χ0) is 12.4. The van der Waals surface area contributed by atoms with Crippen LogP contribution < -0.4 is 5.46 Å². The lowest BCUT2D eigenvalue weighted by atomic mass is 9.79. The molecule has 17 heavy (non-hydrogen) atoms. The van der Waals surface area contributed by atoms with Crippen LogP contribution in [0.4, 0.5) is 0 Å². The molecule has 0 saturated carbocycles. The molecule has 90 valence electrons. The standard InChI is InChI=1S/C12H16BNO3/c1-14(2)5-3-9-7-12(13(15)16)10-4-6-17-8-11(9)10/h4,6-8,15-16H,3,5H2,1-2H3. The molecule has 1 aliphatic carbocycles. The summed E-state index contributed by atoms with van der Waals surface area (Å²) in [6.45, 7) is 0.912. The van der Waals surface area contributed by atoms with Crippen LogP contribution >= 0.6 is 0 Å². The van der Waals surface area contributed by atoms with E-state index in [1.807, 2.05) is 20.2 Å². The molecule has 0 aromatic carbocycles. The van der Waals surface area contributed by atoms with Crippen molar-refractivity contribution in [2.75, 3.05) is 20.6 Å². The third-order valence-electron chi connectivity index (χ3n) is 2.88. The Hall–Kier alpha value is -1.30. The fourth-order valence-corrected chi connectivity index (χ4v) is 1.98. The molecule has 0 aromatic heterocycles. The first-order chi connectivity index (χ1) is 8.09. The third kappa shape index (κ3) is 2.52. The van der Waals surface area contributed by atoms with Gasteiger partial charge in [0, 0.05) is 12.1 Å². The van der Waals surface area contributed by atoms with E-state index in [1.165, 1.54) is 0 Å². The summed E-state index contributed by atoms with van der Waals surface area (Å²) in [7, 11) is 2.59. The quantitative estimate of drug-likeness (QED) is 0.739. The van der Waals surface area contributed by atoms with Crippen LogP contribution in [0.5, 0.6) is 0 Å². The molecule has 1 heterocycles. The Morgan fingerprint density at radius 2 is 2.06 bits per heavy atom. The van der Waals surface area contributed by atoms with Gasteiger partial charge in [0.1, 0.15) is 0 Å². The van der Waals surface area contributed by atoms with Crippen LogP contribution in [0.2, 0.25) is 0 Å². The molecule has 0 aromatic rings. The maximum atomic E-state index is 9.33. The summed E-state index contributed by atoms with van der Waals surface area (Å²) in [5.74, 6) is 0. The van der Waals surface area contributed by atoms with E-state index in [9.17, 15) is 10.0 Å². The Balaban J connectivity index is 2.36. The van der Waals surface area contributed by atoms with Crippen molar-refractivity contribution >= 4 is 12.6 Å². The van der Waals surface area contributed by atoms with E-state index in [0.29, 0.717) is 5.46 Å². The van der Waals surface area contributed by atoms with Gasteiger partial charge in [0.15, 0.2) is 0 Å². The molecule has 0 atom stereocenters. The van der Waals surface area contributed by atoms with E-state index < -0.39 is 7.12 Å². The molecule has 5 heteroatoms. The number of fused-ring (bicyclic) bond motifs is 1. The summed E-state index contributed by atoms with van der Waals surface area (Å²) in [4.78, 5) is 2.09. The zero-order valence-corrected chi connectivity index (χ0v) is 10.1. The van der Waals surface area contributed by atoms with Crippen molar-refractivity contribution in [3.8, 4) is 11.1 Å². The first-order valence-electron chi connectivity index (χ1n) is 5.58. The number of nitrogens with zero attached hydrogens (tertiary/aromatic N) is 1. The fraction of sp³-hybridized carbons (Fsp3) is 0.333. The first kappa shape index (κ1) is 12.2. The molecular weight excluding hydrogens is 217 g/mol. The maximum absolute atomic E-state index is 9.33. The summed E-state index contributed by atoms with van der Waals surface area (Å²) in [6, 6.07) is 3.61. The monoisotopic (exact) mass is 233 g/mol. The van der Waals surface area contributed by atoms with Crippen LogP contribution in [0, 0.1) is 0 Å². The zero-order valence-electron chi connectivity index (χ0n) is 10.1. The number of rotatable bonds is 4. The summed E-state index contributed by atoms with van der Waals surface area (Å²) in [5, 5.41) is 18.7. The van der Waals surface area contributed by atoms with E-state index >= 15 is 0 Å². The van der Waals surface area contributed by atoms with Gasteiger partial charge in [-0.05, 0) is 43.2 Å². The van der Waals surface area contributed by atoms with Crippen molar-refractivity contribution < 1.29 is 14.5 Å². The molecule has 0 radical (unpaired) electrons. The Morgan fingerprint density at radius 3 is 2.71 bits per heavy atom. The predicted molar refractivity (Wildman–Crippen MR) is 67.4 cm³/mol. The highest BCUT2D eigenvalue weighted by molar-refractivity contribution is 6.61. The van der Waals surface area contributed by atoms with E-state index in [0.717, 1.165) is 29.7 Å². The average molecular weight is 233 g/mol. The molecule has 2 aliphatic rings. The highest BCUT2D eigenvalue weighted by Crippen LogP contribution is 2.26. The Kier molecular flexibility index (Phi) is 3.52. The molecular formula is C12H16BNO3. The maximum Gasteiger partial charge on any atom is 0.489 e. The van der Waals surface area contributed by atoms with Gasteiger partial charge in [0.2, 0.25) is 0 Å². The highest BCUT2D eigenvalue weighted by Gasteiger charge is 2.23. The van der Waals surface area contributed by atoms with Gasteiger partial charge in [-0.3, -0.25) is 0 Å². The molecule has 4 nitrogen and oxygen atoms in total. The molecule has 0 bridgehead atoms. The van der Waals surface area contributed by atoms with Crippen LogP contribution in [0.25, 0.3) is 11.1 Å². The van der Waals surface area contributed by atoms with Gasteiger partial charge in [-0.25, -0.2) is 0 Å². The fourth-order valence-electron chi connectivity index (χ4n) is 1.98. The summed E-state index contributed by atoms with van der Waals surface area (Å²) < 4.78 is 5.15. The van der Waals surface area contributed by atoms with Gasteiger partial charge in [0.25, 0.3) is 0 Å². The smallest absolute Gasteiger partial charge is 0.472 e. The second kappa shape index (κ2) is 4.92. The van der Waals surface area contributed by atoms with Gasteiger partial charge in [-0.15, -0.1) is 0 Å². The summed E-state index contributed by atoms with van der Waals surface area (Å²) >= 11 is 0. The Labute approximate surface area is 101 Å². The average Bonchev–Trinajstić information content (AvgIpc) is 2.65. The molecule has 0 unspecified atom stereocenters. The molecule has 0 amide bonds. The van der Waals surface area contributed by atoms with Crippen molar-refractivity contribution in [1.29, 1.82) is 0 Å². The van der Waals surface area contributed by atoms with Gasteiger partial charge in [0.05, 0.1) is 12.5 Å². The normalized spacial score (nSPS) is 11.4. The Morgan fingerprint density at radius 1 is 1.29 bits per heavy atom. The van der Waals surface area contributed by atoms with E-state index in [2.05, 4.69) is 4.90 Å². The number of hydrogen-bond acceptors (Lipinski definition) is 4. The minimum Gasteiger partial charge on any atom is -0.472 e. The van der Waals surface area contributed by atoms with E-state index in [1.54, 1.807) is 18.6 Å². The number of likely N-dealkylation sites (N-methyl/N-ethyl adjacent to an activating group) is 1. The third-order valence-corrected chi connectivity index (χ3v) is 2.88. The Bertz CT molecular complexity index is 467. The molecule has 0 saturated heterocycles. The van der Waals surface area contributed by atoms with Crippen molar-refractivity contribution in [2.24, 2.45) is 0 Å². The van der Waals surface area contributed by atoms with Crippen LogP contribution in [0.1, 0.15) is 5.56 Å². The van der Waals surface area contributed by atoms with Crippen molar-refractivity contribution in [2.45, 2.75) is 6.42 Å². The second-order valence-corrected chi connectivity index (χ2v) is 4.44. The lowest BCUT2D eigenvalue weighted by molar-refractivity contribution is 0.413. The lowest BCUT2D eigenvalue weighted by Gasteiger charge is -2.09. The SMILES string of the molecule is CN(C)CCc1cc(B(O)O)c2ccocc1-2.